The van der Waals surface area contributed by atoms with E-state index in [1.165, 1.54) is 11.1 Å². The quantitative estimate of drug-likeness (QED) is 0.922. The first kappa shape index (κ1) is 13.6. The summed E-state index contributed by atoms with van der Waals surface area (Å²) < 4.78 is 5.20. The van der Waals surface area contributed by atoms with E-state index in [0.29, 0.717) is 5.75 Å². The van der Waals surface area contributed by atoms with Crippen LogP contribution in [-0.2, 0) is 11.3 Å². The summed E-state index contributed by atoms with van der Waals surface area (Å²) in [6.07, 6.45) is 1.72. The van der Waals surface area contributed by atoms with Crippen LogP contribution in [0.4, 0.5) is 0 Å². The Morgan fingerprint density at radius 2 is 1.95 bits per heavy atom. The first-order chi connectivity index (χ1) is 10.8. The Morgan fingerprint density at radius 1 is 1.14 bits per heavy atom. The first-order valence-corrected chi connectivity index (χ1v) is 7.65. The third-order valence-corrected chi connectivity index (χ3v) is 4.66. The van der Waals surface area contributed by atoms with Gasteiger partial charge in [0.1, 0.15) is 6.10 Å². The number of ether oxygens (including phenoxy) is 1. The second-order valence-electron chi connectivity index (χ2n) is 5.83. The van der Waals surface area contributed by atoms with Gasteiger partial charge in [0.2, 0.25) is 0 Å². The fourth-order valence-electron chi connectivity index (χ4n) is 3.56. The van der Waals surface area contributed by atoms with Crippen molar-refractivity contribution in [3.63, 3.8) is 0 Å². The number of hydrogen-bond donors (Lipinski definition) is 1. The lowest BCUT2D eigenvalue weighted by molar-refractivity contribution is -0.168. The number of nitrogens with zero attached hydrogens (tertiary/aromatic N) is 1. The van der Waals surface area contributed by atoms with Gasteiger partial charge in [-0.25, -0.2) is 0 Å². The second kappa shape index (κ2) is 5.30. The standard InChI is InChI=1S/C18H19NO3/c1-21-16-8-4-7-14(18(16)20)17-11-15-13-6-3-2-5-12(13)9-10-19(15)22-17/h2-8,15,17,20H,9-11H2,1H3. The Bertz CT molecular complexity index is 700. The van der Waals surface area contributed by atoms with Crippen molar-refractivity contribution in [1.29, 1.82) is 0 Å². The van der Waals surface area contributed by atoms with Gasteiger partial charge in [0.25, 0.3) is 0 Å². The number of para-hydroxylation sites is 1. The second-order valence-corrected chi connectivity index (χ2v) is 5.83. The minimum absolute atomic E-state index is 0.133. The van der Waals surface area contributed by atoms with Gasteiger partial charge in [-0.1, -0.05) is 36.4 Å². The number of methoxy groups -OCH3 is 1. The normalized spacial score (nSPS) is 23.9. The molecule has 22 heavy (non-hydrogen) atoms. The third kappa shape index (κ3) is 2.07. The van der Waals surface area contributed by atoms with Gasteiger partial charge in [-0.2, -0.15) is 5.06 Å². The molecular formula is C18H19NO3. The molecule has 0 radical (unpaired) electrons. The third-order valence-electron chi connectivity index (χ3n) is 4.66. The molecule has 2 aliphatic heterocycles. The van der Waals surface area contributed by atoms with Crippen LogP contribution in [0.15, 0.2) is 42.5 Å². The highest BCUT2D eigenvalue weighted by atomic mass is 16.7. The van der Waals surface area contributed by atoms with Gasteiger partial charge < -0.3 is 9.84 Å². The van der Waals surface area contributed by atoms with Crippen LogP contribution in [0, 0.1) is 0 Å². The topological polar surface area (TPSA) is 41.9 Å². The van der Waals surface area contributed by atoms with Crippen LogP contribution < -0.4 is 4.74 Å². The van der Waals surface area contributed by atoms with Crippen LogP contribution in [0.3, 0.4) is 0 Å². The number of fused-ring (bicyclic) bond motifs is 3. The molecular weight excluding hydrogens is 278 g/mol. The molecule has 114 valence electrons. The molecule has 0 amide bonds. The minimum atomic E-state index is -0.133. The van der Waals surface area contributed by atoms with E-state index >= 15 is 0 Å². The molecule has 1 fully saturated rings. The van der Waals surface area contributed by atoms with Gasteiger partial charge >= 0.3 is 0 Å². The van der Waals surface area contributed by atoms with Crippen molar-refractivity contribution >= 4 is 0 Å². The largest absolute Gasteiger partial charge is 0.504 e. The minimum Gasteiger partial charge on any atom is -0.504 e. The average molecular weight is 297 g/mol. The van der Waals surface area contributed by atoms with E-state index in [1.807, 2.05) is 12.1 Å². The molecule has 4 rings (SSSR count). The fourth-order valence-corrected chi connectivity index (χ4v) is 3.56. The zero-order valence-electron chi connectivity index (χ0n) is 12.5. The molecule has 2 atom stereocenters. The van der Waals surface area contributed by atoms with Crippen molar-refractivity contribution < 1.29 is 14.7 Å². The zero-order chi connectivity index (χ0) is 15.1. The molecule has 2 aromatic carbocycles. The monoisotopic (exact) mass is 297 g/mol. The lowest BCUT2D eigenvalue weighted by atomic mass is 9.90. The number of aromatic hydroxyl groups is 1. The summed E-state index contributed by atoms with van der Waals surface area (Å²) in [7, 11) is 1.56. The van der Waals surface area contributed by atoms with Crippen molar-refractivity contribution in [1.82, 2.24) is 5.06 Å². The lowest BCUT2D eigenvalue weighted by Crippen LogP contribution is -2.29. The lowest BCUT2D eigenvalue weighted by Gasteiger charge is -2.29. The molecule has 0 bridgehead atoms. The summed E-state index contributed by atoms with van der Waals surface area (Å²) in [4.78, 5) is 6.11. The van der Waals surface area contributed by atoms with Crippen LogP contribution in [0.2, 0.25) is 0 Å². The predicted molar refractivity (Wildman–Crippen MR) is 82.7 cm³/mol. The summed E-state index contributed by atoms with van der Waals surface area (Å²) in [6, 6.07) is 14.4. The van der Waals surface area contributed by atoms with E-state index in [1.54, 1.807) is 13.2 Å². The molecule has 0 aromatic heterocycles. The first-order valence-electron chi connectivity index (χ1n) is 7.65. The molecule has 4 nitrogen and oxygen atoms in total. The van der Waals surface area contributed by atoms with E-state index in [9.17, 15) is 5.11 Å². The van der Waals surface area contributed by atoms with Crippen molar-refractivity contribution in [3.05, 3.63) is 59.2 Å². The van der Waals surface area contributed by atoms with E-state index < -0.39 is 0 Å². The number of rotatable bonds is 2. The van der Waals surface area contributed by atoms with Crippen LogP contribution in [0.25, 0.3) is 0 Å². The molecule has 2 aromatic rings. The highest BCUT2D eigenvalue weighted by Gasteiger charge is 2.39. The van der Waals surface area contributed by atoms with Crippen LogP contribution in [0.5, 0.6) is 11.5 Å². The summed E-state index contributed by atoms with van der Waals surface area (Å²) in [6.45, 7) is 0.892. The smallest absolute Gasteiger partial charge is 0.163 e. The van der Waals surface area contributed by atoms with E-state index in [2.05, 4.69) is 29.3 Å². The fraction of sp³-hybridized carbons (Fsp3) is 0.333. The van der Waals surface area contributed by atoms with Crippen molar-refractivity contribution in [2.75, 3.05) is 13.7 Å². The number of hydrogen-bond acceptors (Lipinski definition) is 4. The molecule has 0 saturated carbocycles. The average Bonchev–Trinajstić information content (AvgIpc) is 2.99. The summed E-state index contributed by atoms with van der Waals surface area (Å²) in [5.41, 5.74) is 3.55. The van der Waals surface area contributed by atoms with Gasteiger partial charge in [0.15, 0.2) is 11.5 Å². The molecule has 4 heteroatoms. The number of phenols is 1. The Kier molecular flexibility index (Phi) is 3.28. The molecule has 1 saturated heterocycles. The van der Waals surface area contributed by atoms with Gasteiger partial charge in [-0.05, 0) is 23.6 Å². The Labute approximate surface area is 129 Å². The molecule has 0 spiro atoms. The van der Waals surface area contributed by atoms with Crippen LogP contribution >= 0.6 is 0 Å². The van der Waals surface area contributed by atoms with Crippen molar-refractivity contribution in [2.45, 2.75) is 25.0 Å². The highest BCUT2D eigenvalue weighted by molar-refractivity contribution is 5.47. The van der Waals surface area contributed by atoms with Gasteiger partial charge in [0, 0.05) is 18.5 Å². The van der Waals surface area contributed by atoms with Crippen molar-refractivity contribution in [3.8, 4) is 11.5 Å². The summed E-state index contributed by atoms with van der Waals surface area (Å²) in [5.74, 6) is 0.675. The number of benzene rings is 2. The van der Waals surface area contributed by atoms with Crippen LogP contribution in [-0.4, -0.2) is 23.8 Å². The Hall–Kier alpha value is -2.04. The van der Waals surface area contributed by atoms with E-state index in [0.717, 1.165) is 24.9 Å². The number of phenolic OH excluding ortho intramolecular Hbond substituents is 1. The van der Waals surface area contributed by atoms with Gasteiger partial charge in [-0.15, -0.1) is 0 Å². The van der Waals surface area contributed by atoms with Gasteiger partial charge in [-0.3, -0.25) is 4.84 Å². The maximum Gasteiger partial charge on any atom is 0.163 e. The van der Waals surface area contributed by atoms with E-state index in [4.69, 9.17) is 9.57 Å². The Balaban J connectivity index is 1.66. The maximum atomic E-state index is 10.4. The zero-order valence-corrected chi connectivity index (χ0v) is 12.5. The SMILES string of the molecule is COc1cccc(C2CC3c4ccccc4CCN3O2)c1O. The predicted octanol–water partition coefficient (Wildman–Crippen LogP) is 3.38. The van der Waals surface area contributed by atoms with E-state index in [-0.39, 0.29) is 17.9 Å². The number of hydroxylamine groups is 2. The summed E-state index contributed by atoms with van der Waals surface area (Å²) >= 11 is 0. The molecule has 0 aliphatic carbocycles. The maximum absolute atomic E-state index is 10.4. The molecule has 1 N–H and O–H groups in total. The molecule has 2 aliphatic rings. The van der Waals surface area contributed by atoms with Crippen LogP contribution in [0.1, 0.15) is 35.3 Å². The summed E-state index contributed by atoms with van der Waals surface area (Å²) in [5, 5.41) is 12.4. The van der Waals surface area contributed by atoms with Crippen molar-refractivity contribution in [2.24, 2.45) is 0 Å². The highest BCUT2D eigenvalue weighted by Crippen LogP contribution is 2.47. The Morgan fingerprint density at radius 3 is 2.82 bits per heavy atom. The molecule has 2 unspecified atom stereocenters. The molecule has 2 heterocycles. The van der Waals surface area contributed by atoms with Gasteiger partial charge in [0.05, 0.1) is 13.2 Å².